The summed E-state index contributed by atoms with van der Waals surface area (Å²) in [6.07, 6.45) is 0. The molecular formula is C24H29NO8. The lowest BCUT2D eigenvalue weighted by Crippen LogP contribution is -2.45. The first-order valence-corrected chi connectivity index (χ1v) is 10.2. The molecule has 178 valence electrons. The van der Waals surface area contributed by atoms with E-state index < -0.39 is 30.3 Å². The van der Waals surface area contributed by atoms with Gasteiger partial charge < -0.3 is 29.0 Å². The number of hydrogen-bond acceptors (Lipinski definition) is 8. The van der Waals surface area contributed by atoms with Crippen molar-refractivity contribution in [3.05, 3.63) is 47.5 Å². The molecule has 0 radical (unpaired) electrons. The molecule has 1 N–H and O–H groups in total. The molecule has 33 heavy (non-hydrogen) atoms. The van der Waals surface area contributed by atoms with Crippen molar-refractivity contribution in [2.24, 2.45) is 5.92 Å². The zero-order valence-corrected chi connectivity index (χ0v) is 19.6. The number of methoxy groups -OCH3 is 4. The number of nitrogens with one attached hydrogen (secondary N) is 1. The monoisotopic (exact) mass is 459 g/mol. The number of benzene rings is 2. The third-order valence-corrected chi connectivity index (χ3v) is 4.88. The summed E-state index contributed by atoms with van der Waals surface area (Å²) in [6.45, 7) is 3.01. The highest BCUT2D eigenvalue weighted by Crippen LogP contribution is 2.25. The Bertz CT molecular complexity index is 980. The quantitative estimate of drug-likeness (QED) is 0.404. The molecule has 0 aliphatic rings. The molecule has 0 saturated heterocycles. The summed E-state index contributed by atoms with van der Waals surface area (Å²) in [5.74, 6) is -0.286. The van der Waals surface area contributed by atoms with Crippen LogP contribution in [-0.4, -0.2) is 58.7 Å². The molecule has 1 unspecified atom stereocenters. The second-order valence-electron chi connectivity index (χ2n) is 7.39. The SMILES string of the molecule is COc1cc(OC)cc(C(=O)NC(C(=O)OCC(=O)c2ccc(OC)cc2OC)C(C)C)c1. The molecule has 1 amide bonds. The average molecular weight is 459 g/mol. The molecule has 9 nitrogen and oxygen atoms in total. The van der Waals surface area contributed by atoms with Crippen molar-refractivity contribution in [1.82, 2.24) is 5.32 Å². The lowest BCUT2D eigenvalue weighted by molar-refractivity contribution is -0.145. The first-order chi connectivity index (χ1) is 15.7. The molecule has 2 aromatic rings. The van der Waals surface area contributed by atoms with Gasteiger partial charge in [-0.3, -0.25) is 9.59 Å². The largest absolute Gasteiger partial charge is 0.497 e. The van der Waals surface area contributed by atoms with Crippen molar-refractivity contribution in [3.63, 3.8) is 0 Å². The standard InChI is InChI=1S/C24H29NO8/c1-14(2)22(25-23(27)15-9-17(30-4)11-18(10-15)31-5)24(28)33-13-20(26)19-8-7-16(29-3)12-21(19)32-6/h7-12,14,22H,13H2,1-6H3,(H,25,27). The minimum Gasteiger partial charge on any atom is -0.497 e. The maximum atomic E-state index is 12.8. The van der Waals surface area contributed by atoms with Crippen LogP contribution in [-0.2, 0) is 9.53 Å². The predicted octanol–water partition coefficient (Wildman–Crippen LogP) is 2.90. The van der Waals surface area contributed by atoms with Crippen LogP contribution in [0.1, 0.15) is 34.6 Å². The summed E-state index contributed by atoms with van der Waals surface area (Å²) >= 11 is 0. The summed E-state index contributed by atoms with van der Waals surface area (Å²) in [6, 6.07) is 8.42. The van der Waals surface area contributed by atoms with Crippen molar-refractivity contribution in [3.8, 4) is 23.0 Å². The van der Waals surface area contributed by atoms with Crippen LogP contribution in [0.3, 0.4) is 0 Å². The number of hydrogen-bond donors (Lipinski definition) is 1. The van der Waals surface area contributed by atoms with Crippen LogP contribution in [0.15, 0.2) is 36.4 Å². The number of carbonyl (C=O) groups is 3. The number of carbonyl (C=O) groups excluding carboxylic acids is 3. The van der Waals surface area contributed by atoms with E-state index in [1.807, 2.05) is 0 Å². The van der Waals surface area contributed by atoms with Gasteiger partial charge in [-0.25, -0.2) is 4.79 Å². The maximum absolute atomic E-state index is 12.8. The maximum Gasteiger partial charge on any atom is 0.329 e. The van der Waals surface area contributed by atoms with Gasteiger partial charge in [0.25, 0.3) is 5.91 Å². The fourth-order valence-electron chi connectivity index (χ4n) is 2.99. The van der Waals surface area contributed by atoms with Crippen molar-refractivity contribution in [1.29, 1.82) is 0 Å². The zero-order chi connectivity index (χ0) is 24.5. The van der Waals surface area contributed by atoms with E-state index in [4.69, 9.17) is 23.7 Å². The molecule has 0 saturated carbocycles. The summed E-state index contributed by atoms with van der Waals surface area (Å²) < 4.78 is 25.9. The Kier molecular flexibility index (Phi) is 9.08. The van der Waals surface area contributed by atoms with Crippen LogP contribution in [0.2, 0.25) is 0 Å². The number of ether oxygens (including phenoxy) is 5. The van der Waals surface area contributed by atoms with E-state index in [1.165, 1.54) is 46.6 Å². The molecule has 0 aliphatic heterocycles. The van der Waals surface area contributed by atoms with Gasteiger partial charge in [0.15, 0.2) is 6.61 Å². The number of amides is 1. The third kappa shape index (κ3) is 6.61. The van der Waals surface area contributed by atoms with Crippen LogP contribution in [0.5, 0.6) is 23.0 Å². The first kappa shape index (κ1) is 25.5. The Hall–Kier alpha value is -3.75. The van der Waals surface area contributed by atoms with Gasteiger partial charge in [-0.05, 0) is 30.2 Å². The van der Waals surface area contributed by atoms with Gasteiger partial charge in [0, 0.05) is 17.7 Å². The van der Waals surface area contributed by atoms with E-state index in [0.717, 1.165) is 0 Å². The van der Waals surface area contributed by atoms with E-state index >= 15 is 0 Å². The fraction of sp³-hybridized carbons (Fsp3) is 0.375. The van der Waals surface area contributed by atoms with Gasteiger partial charge in [0.2, 0.25) is 5.78 Å². The molecular weight excluding hydrogens is 430 g/mol. The summed E-state index contributed by atoms with van der Waals surface area (Å²) in [5, 5.41) is 2.66. The van der Waals surface area contributed by atoms with E-state index in [2.05, 4.69) is 5.32 Å². The minimum atomic E-state index is -0.972. The topological polar surface area (TPSA) is 109 Å². The Morgan fingerprint density at radius 2 is 1.42 bits per heavy atom. The van der Waals surface area contributed by atoms with Crippen molar-refractivity contribution in [2.75, 3.05) is 35.0 Å². The van der Waals surface area contributed by atoms with E-state index in [-0.39, 0.29) is 17.0 Å². The van der Waals surface area contributed by atoms with E-state index in [1.54, 1.807) is 32.0 Å². The first-order valence-electron chi connectivity index (χ1n) is 10.2. The van der Waals surface area contributed by atoms with Gasteiger partial charge in [-0.2, -0.15) is 0 Å². The zero-order valence-electron chi connectivity index (χ0n) is 19.6. The summed E-state index contributed by atoms with van der Waals surface area (Å²) in [4.78, 5) is 38.1. The lowest BCUT2D eigenvalue weighted by atomic mass is 10.0. The Morgan fingerprint density at radius 1 is 0.818 bits per heavy atom. The van der Waals surface area contributed by atoms with Crippen LogP contribution < -0.4 is 24.3 Å². The van der Waals surface area contributed by atoms with Gasteiger partial charge in [-0.1, -0.05) is 13.8 Å². The van der Waals surface area contributed by atoms with Crippen molar-refractivity contribution < 1.29 is 38.1 Å². The predicted molar refractivity (Wildman–Crippen MR) is 120 cm³/mol. The molecule has 1 atom stereocenters. The highest BCUT2D eigenvalue weighted by molar-refractivity contribution is 6.01. The smallest absolute Gasteiger partial charge is 0.329 e. The Labute approximate surface area is 192 Å². The second kappa shape index (κ2) is 11.8. The molecule has 0 aliphatic carbocycles. The Morgan fingerprint density at radius 3 is 1.94 bits per heavy atom. The number of esters is 1. The molecule has 0 bridgehead atoms. The third-order valence-electron chi connectivity index (χ3n) is 4.88. The molecule has 2 rings (SSSR count). The van der Waals surface area contributed by atoms with E-state index in [0.29, 0.717) is 23.0 Å². The summed E-state index contributed by atoms with van der Waals surface area (Å²) in [5.41, 5.74) is 0.503. The molecule has 0 heterocycles. The highest BCUT2D eigenvalue weighted by atomic mass is 16.5. The van der Waals surface area contributed by atoms with Gasteiger partial charge >= 0.3 is 5.97 Å². The number of Topliss-reactive ketones (excluding diaryl/α,β-unsaturated/α-hetero) is 1. The second-order valence-corrected chi connectivity index (χ2v) is 7.39. The van der Waals surface area contributed by atoms with Gasteiger partial charge in [0.05, 0.1) is 34.0 Å². The number of rotatable bonds is 11. The van der Waals surface area contributed by atoms with Crippen molar-refractivity contribution in [2.45, 2.75) is 19.9 Å². The highest BCUT2D eigenvalue weighted by Gasteiger charge is 2.27. The average Bonchev–Trinajstić information content (AvgIpc) is 2.84. The number of ketones is 1. The van der Waals surface area contributed by atoms with Gasteiger partial charge in [0.1, 0.15) is 29.0 Å². The van der Waals surface area contributed by atoms with Crippen LogP contribution in [0, 0.1) is 5.92 Å². The van der Waals surface area contributed by atoms with Crippen LogP contribution >= 0.6 is 0 Å². The summed E-state index contributed by atoms with van der Waals surface area (Å²) in [7, 11) is 5.87. The lowest BCUT2D eigenvalue weighted by Gasteiger charge is -2.21. The molecule has 0 fully saturated rings. The van der Waals surface area contributed by atoms with E-state index in [9.17, 15) is 14.4 Å². The Balaban J connectivity index is 2.10. The molecule has 9 heteroatoms. The van der Waals surface area contributed by atoms with Gasteiger partial charge in [-0.15, -0.1) is 0 Å². The van der Waals surface area contributed by atoms with Crippen LogP contribution in [0.25, 0.3) is 0 Å². The molecule has 2 aromatic carbocycles. The molecule has 0 spiro atoms. The van der Waals surface area contributed by atoms with Crippen molar-refractivity contribution >= 4 is 17.7 Å². The minimum absolute atomic E-state index is 0.250. The normalized spacial score (nSPS) is 11.4. The fourth-order valence-corrected chi connectivity index (χ4v) is 2.99. The molecule has 0 aromatic heterocycles. The van der Waals surface area contributed by atoms with Crippen LogP contribution in [0.4, 0.5) is 0 Å².